The lowest BCUT2D eigenvalue weighted by Crippen LogP contribution is -2.32. The lowest BCUT2D eigenvalue weighted by molar-refractivity contribution is 0.0786. The molecule has 1 unspecified atom stereocenters. The summed E-state index contributed by atoms with van der Waals surface area (Å²) in [5.74, 6) is 0.379. The Morgan fingerprint density at radius 3 is 2.60 bits per heavy atom. The summed E-state index contributed by atoms with van der Waals surface area (Å²) in [6, 6.07) is 4.86. The molecule has 25 heavy (non-hydrogen) atoms. The van der Waals surface area contributed by atoms with E-state index in [1.165, 1.54) is 10.4 Å². The third-order valence-electron chi connectivity index (χ3n) is 4.85. The summed E-state index contributed by atoms with van der Waals surface area (Å²) in [6.07, 6.45) is 0.975. The van der Waals surface area contributed by atoms with Gasteiger partial charge in [-0.25, -0.2) is 8.42 Å². The van der Waals surface area contributed by atoms with E-state index in [0.29, 0.717) is 31.1 Å². The van der Waals surface area contributed by atoms with Crippen molar-refractivity contribution in [3.05, 3.63) is 29.3 Å². The van der Waals surface area contributed by atoms with Crippen LogP contribution in [-0.2, 0) is 10.0 Å². The average molecular weight is 368 g/mol. The number of carbonyl (C=O) groups excluding carboxylic acids is 1. The van der Waals surface area contributed by atoms with Crippen LogP contribution in [0.3, 0.4) is 0 Å². The van der Waals surface area contributed by atoms with Crippen molar-refractivity contribution in [1.82, 2.24) is 14.5 Å². The highest BCUT2D eigenvalue weighted by atomic mass is 32.2. The first-order chi connectivity index (χ1) is 11.8. The molecule has 140 valence electrons. The molecule has 0 aliphatic carbocycles. The molecule has 0 saturated carbocycles. The van der Waals surface area contributed by atoms with Crippen molar-refractivity contribution in [3.63, 3.8) is 0 Å². The number of likely N-dealkylation sites (tertiary alicyclic amines) is 1. The van der Waals surface area contributed by atoms with Crippen LogP contribution >= 0.6 is 0 Å². The number of carbonyl (C=O) groups is 1. The summed E-state index contributed by atoms with van der Waals surface area (Å²) in [5.41, 5.74) is 1.29. The minimum atomic E-state index is -3.56. The van der Waals surface area contributed by atoms with Gasteiger partial charge in [0.2, 0.25) is 10.0 Å². The van der Waals surface area contributed by atoms with Crippen molar-refractivity contribution in [2.24, 2.45) is 5.92 Å². The molecule has 1 saturated heterocycles. The van der Waals surface area contributed by atoms with Crippen molar-refractivity contribution in [2.45, 2.75) is 32.1 Å². The lowest BCUT2D eigenvalue weighted by Gasteiger charge is -2.21. The van der Waals surface area contributed by atoms with E-state index in [2.05, 4.69) is 5.32 Å². The minimum Gasteiger partial charge on any atom is -0.338 e. The van der Waals surface area contributed by atoms with Crippen LogP contribution in [0.4, 0.5) is 0 Å². The number of hydrogen-bond acceptors (Lipinski definition) is 4. The van der Waals surface area contributed by atoms with Gasteiger partial charge in [0, 0.05) is 31.7 Å². The van der Waals surface area contributed by atoms with Crippen molar-refractivity contribution in [3.8, 4) is 0 Å². The predicted molar refractivity (Wildman–Crippen MR) is 99.2 cm³/mol. The average Bonchev–Trinajstić information content (AvgIpc) is 3.04. The van der Waals surface area contributed by atoms with E-state index in [1.54, 1.807) is 12.1 Å². The first kappa shape index (κ1) is 19.9. The quantitative estimate of drug-likeness (QED) is 0.796. The molecule has 1 heterocycles. The van der Waals surface area contributed by atoms with E-state index in [0.717, 1.165) is 25.1 Å². The Bertz CT molecular complexity index is 714. The molecule has 1 aliphatic rings. The Kier molecular flexibility index (Phi) is 6.59. The maximum Gasteiger partial charge on any atom is 0.254 e. The van der Waals surface area contributed by atoms with Crippen LogP contribution in [0, 0.1) is 12.8 Å². The maximum absolute atomic E-state index is 12.9. The number of sulfonamides is 1. The molecule has 1 aliphatic heterocycles. The molecule has 1 amide bonds. The number of benzene rings is 1. The van der Waals surface area contributed by atoms with Crippen molar-refractivity contribution in [1.29, 1.82) is 0 Å². The fourth-order valence-electron chi connectivity index (χ4n) is 3.35. The van der Waals surface area contributed by atoms with Crippen molar-refractivity contribution in [2.75, 3.05) is 39.8 Å². The molecule has 0 aromatic heterocycles. The second-order valence-electron chi connectivity index (χ2n) is 6.53. The molecule has 0 spiro atoms. The van der Waals surface area contributed by atoms with Crippen LogP contribution < -0.4 is 5.32 Å². The van der Waals surface area contributed by atoms with Gasteiger partial charge in [-0.1, -0.05) is 19.9 Å². The van der Waals surface area contributed by atoms with Crippen LogP contribution in [0.5, 0.6) is 0 Å². The highest BCUT2D eigenvalue weighted by Gasteiger charge is 2.29. The van der Waals surface area contributed by atoms with E-state index < -0.39 is 10.0 Å². The number of hydrogen-bond donors (Lipinski definition) is 1. The highest BCUT2D eigenvalue weighted by molar-refractivity contribution is 7.89. The van der Waals surface area contributed by atoms with Crippen LogP contribution in [0.25, 0.3) is 0 Å². The van der Waals surface area contributed by atoms with Gasteiger partial charge in [-0.3, -0.25) is 4.79 Å². The topological polar surface area (TPSA) is 69.7 Å². The van der Waals surface area contributed by atoms with E-state index in [9.17, 15) is 13.2 Å². The fourth-order valence-corrected chi connectivity index (χ4v) is 4.83. The molecule has 0 bridgehead atoms. The largest absolute Gasteiger partial charge is 0.338 e. The SMILES string of the molecule is CCN(CC)S(=O)(=O)c1ccc(C)c(C(=O)N2CCC(CNC)C2)c1. The second kappa shape index (κ2) is 8.29. The third kappa shape index (κ3) is 4.22. The standard InChI is InChI=1S/C18H29N3O3S/c1-5-21(6-2)25(23,24)16-8-7-14(3)17(11-16)18(22)20-10-9-15(13-20)12-19-4/h7-8,11,15,19H,5-6,9-10,12-13H2,1-4H3. The van der Waals surface area contributed by atoms with E-state index in [1.807, 2.05) is 32.7 Å². The molecule has 1 atom stereocenters. The molecule has 2 rings (SSSR count). The third-order valence-corrected chi connectivity index (χ3v) is 6.89. The summed E-state index contributed by atoms with van der Waals surface area (Å²) in [7, 11) is -1.65. The summed E-state index contributed by atoms with van der Waals surface area (Å²) >= 11 is 0. The summed E-state index contributed by atoms with van der Waals surface area (Å²) in [5, 5.41) is 3.15. The Hall–Kier alpha value is -1.44. The first-order valence-corrected chi connectivity index (χ1v) is 10.3. The lowest BCUT2D eigenvalue weighted by atomic mass is 10.1. The van der Waals surface area contributed by atoms with Crippen LogP contribution in [-0.4, -0.2) is 63.3 Å². The van der Waals surface area contributed by atoms with Crippen molar-refractivity contribution < 1.29 is 13.2 Å². The zero-order valence-electron chi connectivity index (χ0n) is 15.6. The van der Waals surface area contributed by atoms with Gasteiger partial charge in [-0.05, 0) is 50.6 Å². The Morgan fingerprint density at radius 1 is 1.32 bits per heavy atom. The molecule has 1 aromatic carbocycles. The first-order valence-electron chi connectivity index (χ1n) is 8.89. The molecule has 1 aromatic rings. The van der Waals surface area contributed by atoms with E-state index >= 15 is 0 Å². The number of nitrogens with zero attached hydrogens (tertiary/aromatic N) is 2. The maximum atomic E-state index is 12.9. The number of nitrogens with one attached hydrogen (secondary N) is 1. The molecular weight excluding hydrogens is 338 g/mol. The zero-order chi connectivity index (χ0) is 18.6. The van der Waals surface area contributed by atoms with Gasteiger partial charge in [0.05, 0.1) is 4.90 Å². The monoisotopic (exact) mass is 367 g/mol. The second-order valence-corrected chi connectivity index (χ2v) is 8.47. The van der Waals surface area contributed by atoms with Gasteiger partial charge in [0.25, 0.3) is 5.91 Å². The summed E-state index contributed by atoms with van der Waals surface area (Å²) in [4.78, 5) is 14.9. The smallest absolute Gasteiger partial charge is 0.254 e. The molecule has 0 radical (unpaired) electrons. The molecule has 1 fully saturated rings. The van der Waals surface area contributed by atoms with Crippen molar-refractivity contribution >= 4 is 15.9 Å². The van der Waals surface area contributed by atoms with E-state index in [-0.39, 0.29) is 10.8 Å². The van der Waals surface area contributed by atoms with Gasteiger partial charge in [0.15, 0.2) is 0 Å². The molecule has 1 N–H and O–H groups in total. The minimum absolute atomic E-state index is 0.0762. The van der Waals surface area contributed by atoms with E-state index in [4.69, 9.17) is 0 Å². The number of rotatable bonds is 7. The highest BCUT2D eigenvalue weighted by Crippen LogP contribution is 2.23. The summed E-state index contributed by atoms with van der Waals surface area (Å²) < 4.78 is 26.9. The number of aryl methyl sites for hydroxylation is 1. The number of amides is 1. The van der Waals surface area contributed by atoms with Gasteiger partial charge in [0.1, 0.15) is 0 Å². The van der Waals surface area contributed by atoms with Gasteiger partial charge in [-0.2, -0.15) is 4.31 Å². The fraction of sp³-hybridized carbons (Fsp3) is 0.611. The molecule has 7 heteroatoms. The van der Waals surface area contributed by atoms with Gasteiger partial charge < -0.3 is 10.2 Å². The summed E-state index contributed by atoms with van der Waals surface area (Å²) in [6.45, 7) is 8.62. The zero-order valence-corrected chi connectivity index (χ0v) is 16.4. The van der Waals surface area contributed by atoms with Crippen LogP contribution in [0.15, 0.2) is 23.1 Å². The van der Waals surface area contributed by atoms with Crippen LogP contribution in [0.1, 0.15) is 36.2 Å². The Balaban J connectivity index is 2.29. The van der Waals surface area contributed by atoms with Gasteiger partial charge in [-0.15, -0.1) is 0 Å². The Morgan fingerprint density at radius 2 is 2.00 bits per heavy atom. The molecular formula is C18H29N3O3S. The normalized spacial score (nSPS) is 18.1. The van der Waals surface area contributed by atoms with Crippen LogP contribution in [0.2, 0.25) is 0 Å². The Labute approximate surface area is 151 Å². The predicted octanol–water partition coefficient (Wildman–Crippen LogP) is 1.71. The van der Waals surface area contributed by atoms with Gasteiger partial charge >= 0.3 is 0 Å². The molecule has 6 nitrogen and oxygen atoms in total.